The molecule has 1 atom stereocenters. The van der Waals surface area contributed by atoms with Crippen molar-refractivity contribution in [1.29, 1.82) is 0 Å². The lowest BCUT2D eigenvalue weighted by Crippen LogP contribution is -2.37. The van der Waals surface area contributed by atoms with E-state index >= 15 is 0 Å². The maximum atomic E-state index is 13.4. The predicted octanol–water partition coefficient (Wildman–Crippen LogP) is 4.21. The number of anilines is 2. The first-order valence-electron chi connectivity index (χ1n) is 10.9. The average molecular weight is 477 g/mol. The average Bonchev–Trinajstić information content (AvgIpc) is 3.09. The zero-order valence-corrected chi connectivity index (χ0v) is 19.2. The van der Waals surface area contributed by atoms with Gasteiger partial charge < -0.3 is 19.7 Å². The quantitative estimate of drug-likeness (QED) is 0.491. The van der Waals surface area contributed by atoms with Crippen LogP contribution >= 0.6 is 0 Å². The summed E-state index contributed by atoms with van der Waals surface area (Å²) in [5.74, 6) is -0.403. The minimum atomic E-state index is -1.03. The van der Waals surface area contributed by atoms with Crippen molar-refractivity contribution >= 4 is 29.2 Å². The summed E-state index contributed by atoms with van der Waals surface area (Å²) in [6.45, 7) is 0.0722. The molecular weight excluding hydrogens is 453 g/mol. The van der Waals surface area contributed by atoms with Crippen LogP contribution in [0.25, 0.3) is 0 Å². The molecule has 1 saturated heterocycles. The molecule has 9 heteroatoms. The van der Waals surface area contributed by atoms with Crippen LogP contribution in [0, 0.1) is 5.82 Å². The summed E-state index contributed by atoms with van der Waals surface area (Å²) in [6.07, 6.45) is -0.265. The van der Waals surface area contributed by atoms with Crippen LogP contribution in [0.1, 0.15) is 12.0 Å². The normalized spacial score (nSPS) is 15.3. The number of hydrogen-bond acceptors (Lipinski definition) is 5. The predicted molar refractivity (Wildman–Crippen MR) is 128 cm³/mol. The van der Waals surface area contributed by atoms with E-state index in [4.69, 9.17) is 9.47 Å². The molecule has 1 aliphatic rings. The molecule has 8 nitrogen and oxygen atoms in total. The lowest BCUT2D eigenvalue weighted by Gasteiger charge is -2.22. The molecule has 35 heavy (non-hydrogen) atoms. The van der Waals surface area contributed by atoms with Crippen LogP contribution in [-0.4, -0.2) is 43.0 Å². The highest BCUT2D eigenvalue weighted by Crippen LogP contribution is 2.32. The molecule has 0 saturated carbocycles. The lowest BCUT2D eigenvalue weighted by atomic mass is 10.1. The van der Waals surface area contributed by atoms with Gasteiger partial charge in [0, 0.05) is 12.2 Å². The third kappa shape index (κ3) is 5.08. The maximum absolute atomic E-state index is 13.4. The van der Waals surface area contributed by atoms with Crippen molar-refractivity contribution < 1.29 is 28.2 Å². The van der Waals surface area contributed by atoms with Gasteiger partial charge in [-0.15, -0.1) is 0 Å². The standard InChI is InChI=1S/C26H24FN3O5/c1-34-22-13-8-17(14-23(22)35-2)16-29-21(15-24(31)28-19-11-9-18(27)10-12-19)25(32)30(26(29)33)20-6-4-3-5-7-20/h3-14,21H,15-16H2,1-2H3,(H,28,31). The van der Waals surface area contributed by atoms with Gasteiger partial charge in [-0.1, -0.05) is 24.3 Å². The summed E-state index contributed by atoms with van der Waals surface area (Å²) < 4.78 is 23.8. The number of amides is 4. The number of carbonyl (C=O) groups is 3. The number of methoxy groups -OCH3 is 2. The van der Waals surface area contributed by atoms with E-state index in [1.807, 2.05) is 0 Å². The molecule has 0 radical (unpaired) electrons. The third-order valence-corrected chi connectivity index (χ3v) is 5.64. The topological polar surface area (TPSA) is 88.2 Å². The first-order chi connectivity index (χ1) is 16.9. The molecule has 1 aliphatic heterocycles. The van der Waals surface area contributed by atoms with E-state index < -0.39 is 29.7 Å². The van der Waals surface area contributed by atoms with Gasteiger partial charge in [-0.05, 0) is 54.1 Å². The van der Waals surface area contributed by atoms with Gasteiger partial charge in [0.25, 0.3) is 5.91 Å². The Morgan fingerprint density at radius 1 is 0.943 bits per heavy atom. The number of nitrogens with zero attached hydrogens (tertiary/aromatic N) is 2. The number of carbonyl (C=O) groups excluding carboxylic acids is 3. The number of benzene rings is 3. The molecule has 0 bridgehead atoms. The molecule has 4 amide bonds. The van der Waals surface area contributed by atoms with E-state index in [-0.39, 0.29) is 13.0 Å². The minimum Gasteiger partial charge on any atom is -0.493 e. The summed E-state index contributed by atoms with van der Waals surface area (Å²) in [5.41, 5.74) is 1.50. The Hall–Kier alpha value is -4.40. The van der Waals surface area contributed by atoms with Gasteiger partial charge in [-0.3, -0.25) is 9.59 Å². The summed E-state index contributed by atoms with van der Waals surface area (Å²) in [4.78, 5) is 42.0. The van der Waals surface area contributed by atoms with E-state index in [2.05, 4.69) is 5.32 Å². The highest BCUT2D eigenvalue weighted by molar-refractivity contribution is 6.22. The van der Waals surface area contributed by atoms with Gasteiger partial charge in [0.2, 0.25) is 5.91 Å². The zero-order valence-electron chi connectivity index (χ0n) is 19.2. The Kier molecular flexibility index (Phi) is 6.96. The first-order valence-corrected chi connectivity index (χ1v) is 10.9. The van der Waals surface area contributed by atoms with Crippen LogP contribution in [0.3, 0.4) is 0 Å². The van der Waals surface area contributed by atoms with Crippen LogP contribution in [0.15, 0.2) is 72.8 Å². The monoisotopic (exact) mass is 477 g/mol. The second-order valence-corrected chi connectivity index (χ2v) is 7.88. The van der Waals surface area contributed by atoms with Crippen LogP contribution in [0.5, 0.6) is 11.5 Å². The second-order valence-electron chi connectivity index (χ2n) is 7.88. The van der Waals surface area contributed by atoms with Crippen LogP contribution in [0.4, 0.5) is 20.6 Å². The zero-order chi connectivity index (χ0) is 24.9. The molecule has 4 rings (SSSR count). The molecule has 1 N–H and O–H groups in total. The van der Waals surface area contributed by atoms with Crippen molar-refractivity contribution in [1.82, 2.24) is 4.90 Å². The molecule has 1 fully saturated rings. The van der Waals surface area contributed by atoms with Gasteiger partial charge in [-0.25, -0.2) is 14.1 Å². The molecule has 0 spiro atoms. The Labute approximate surface area is 201 Å². The largest absolute Gasteiger partial charge is 0.493 e. The molecule has 1 heterocycles. The van der Waals surface area contributed by atoms with Gasteiger partial charge >= 0.3 is 6.03 Å². The molecule has 3 aromatic rings. The minimum absolute atomic E-state index is 0.0722. The maximum Gasteiger partial charge on any atom is 0.332 e. The Balaban J connectivity index is 1.61. The molecule has 3 aromatic carbocycles. The number of para-hydroxylation sites is 1. The number of imide groups is 1. The first kappa shape index (κ1) is 23.7. The van der Waals surface area contributed by atoms with Crippen LogP contribution in [-0.2, 0) is 16.1 Å². The molecule has 0 aliphatic carbocycles. The summed E-state index contributed by atoms with van der Waals surface area (Å²) >= 11 is 0. The second kappa shape index (κ2) is 10.3. The van der Waals surface area contributed by atoms with Gasteiger partial charge in [0.15, 0.2) is 11.5 Å². The lowest BCUT2D eigenvalue weighted by molar-refractivity contribution is -0.124. The molecule has 180 valence electrons. The van der Waals surface area contributed by atoms with E-state index in [1.165, 1.54) is 43.4 Å². The fourth-order valence-corrected chi connectivity index (χ4v) is 3.92. The van der Waals surface area contributed by atoms with E-state index in [1.54, 1.807) is 48.5 Å². The van der Waals surface area contributed by atoms with Gasteiger partial charge in [-0.2, -0.15) is 0 Å². The molecule has 1 unspecified atom stereocenters. The number of rotatable bonds is 8. The number of urea groups is 1. The Bertz CT molecular complexity index is 1230. The van der Waals surface area contributed by atoms with Crippen LogP contribution in [0.2, 0.25) is 0 Å². The number of ether oxygens (including phenoxy) is 2. The Morgan fingerprint density at radius 2 is 1.63 bits per heavy atom. The third-order valence-electron chi connectivity index (χ3n) is 5.64. The van der Waals surface area contributed by atoms with E-state index in [9.17, 15) is 18.8 Å². The fourth-order valence-electron chi connectivity index (χ4n) is 3.92. The summed E-state index contributed by atoms with van der Waals surface area (Å²) in [7, 11) is 3.03. The Morgan fingerprint density at radius 3 is 2.29 bits per heavy atom. The van der Waals surface area contributed by atoms with Gasteiger partial charge in [0.1, 0.15) is 11.9 Å². The SMILES string of the molecule is COc1ccc(CN2C(=O)N(c3ccccc3)C(=O)C2CC(=O)Nc2ccc(F)cc2)cc1OC. The highest BCUT2D eigenvalue weighted by Gasteiger charge is 2.46. The van der Waals surface area contributed by atoms with Gasteiger partial charge in [0.05, 0.1) is 26.3 Å². The van der Waals surface area contributed by atoms with E-state index in [0.29, 0.717) is 28.4 Å². The van der Waals surface area contributed by atoms with Crippen molar-refractivity contribution in [2.24, 2.45) is 0 Å². The van der Waals surface area contributed by atoms with Crippen molar-refractivity contribution in [3.05, 3.63) is 84.2 Å². The van der Waals surface area contributed by atoms with Crippen LogP contribution < -0.4 is 19.7 Å². The molecular formula is C26H24FN3O5. The van der Waals surface area contributed by atoms with Crippen molar-refractivity contribution in [3.8, 4) is 11.5 Å². The highest BCUT2D eigenvalue weighted by atomic mass is 19.1. The van der Waals surface area contributed by atoms with Crippen molar-refractivity contribution in [2.75, 3.05) is 24.4 Å². The summed E-state index contributed by atoms with van der Waals surface area (Å²) in [6, 6.07) is 17.5. The smallest absolute Gasteiger partial charge is 0.332 e. The van der Waals surface area contributed by atoms with Crippen molar-refractivity contribution in [2.45, 2.75) is 19.0 Å². The van der Waals surface area contributed by atoms with E-state index in [0.717, 1.165) is 4.90 Å². The molecule has 0 aromatic heterocycles. The fraction of sp³-hybridized carbons (Fsp3) is 0.192. The summed E-state index contributed by atoms with van der Waals surface area (Å²) in [5, 5.41) is 2.65. The number of hydrogen-bond donors (Lipinski definition) is 1. The number of halogens is 1. The van der Waals surface area contributed by atoms with Crippen molar-refractivity contribution in [3.63, 3.8) is 0 Å². The number of nitrogens with one attached hydrogen (secondary N) is 1.